The molecular weight excluding hydrogens is 428 g/mol. The number of rotatable bonds is 6. The van der Waals surface area contributed by atoms with Crippen LogP contribution in [0.25, 0.3) is 0 Å². The lowest BCUT2D eigenvalue weighted by molar-refractivity contribution is -0.139. The molecule has 1 amide bonds. The second kappa shape index (κ2) is 10.8. The third-order valence-corrected chi connectivity index (χ3v) is 6.23. The Morgan fingerprint density at radius 3 is 2.78 bits per heavy atom. The molecule has 0 spiro atoms. The number of hydrogen-bond acceptors (Lipinski definition) is 4. The summed E-state index contributed by atoms with van der Waals surface area (Å²) in [7, 11) is 1.76. The Bertz CT molecular complexity index is 978. The number of hydrogen-bond donors (Lipinski definition) is 2. The highest BCUT2D eigenvalue weighted by atomic mass is 35.5. The molecule has 1 aliphatic heterocycles. The van der Waals surface area contributed by atoms with Crippen molar-refractivity contribution in [3.63, 3.8) is 0 Å². The Balaban J connectivity index is 0.000000181. The smallest absolute Gasteiger partial charge is 0.326 e. The molecule has 0 fully saturated rings. The number of nitrogens with zero attached hydrogens (tertiary/aromatic N) is 1. The standard InChI is InChI=1S/C14H21NO.C11H10ClNO3/c1-3-9-15-12-7-8-13-11(10-12)5-4-6-14(13)16-2;1-6(11(15)16)13-9-3-2-8(12)4-7(9)5-10(13)14/h4-6,12,15H,3,7-10H2,1-2H3;2-4,6H,5H2,1H3,(H,15,16)/t12-;6-/m00/s1. The second-order valence-electron chi connectivity index (χ2n) is 8.22. The molecule has 1 heterocycles. The van der Waals surface area contributed by atoms with Crippen LogP contribution in [0.4, 0.5) is 5.69 Å². The van der Waals surface area contributed by atoms with Gasteiger partial charge in [0.1, 0.15) is 11.8 Å². The molecule has 2 atom stereocenters. The molecule has 0 saturated heterocycles. The summed E-state index contributed by atoms with van der Waals surface area (Å²) >= 11 is 5.81. The molecule has 0 radical (unpaired) electrons. The number of fused-ring (bicyclic) bond motifs is 2. The van der Waals surface area contributed by atoms with Gasteiger partial charge >= 0.3 is 5.97 Å². The molecule has 1 aliphatic carbocycles. The van der Waals surface area contributed by atoms with Crippen LogP contribution < -0.4 is 15.0 Å². The van der Waals surface area contributed by atoms with E-state index in [9.17, 15) is 9.59 Å². The summed E-state index contributed by atoms with van der Waals surface area (Å²) in [6, 6.07) is 11.2. The molecular formula is C25H31ClN2O4. The van der Waals surface area contributed by atoms with Crippen LogP contribution in [0.3, 0.4) is 0 Å². The lowest BCUT2D eigenvalue weighted by Gasteiger charge is -2.26. The number of carboxylic acids is 1. The number of halogens is 1. The van der Waals surface area contributed by atoms with Crippen LogP contribution in [-0.2, 0) is 28.9 Å². The Kier molecular flexibility index (Phi) is 8.15. The van der Waals surface area contributed by atoms with E-state index in [1.807, 2.05) is 0 Å². The van der Waals surface area contributed by atoms with Crippen LogP contribution in [-0.4, -0.2) is 42.7 Å². The molecule has 2 aliphatic rings. The fourth-order valence-corrected chi connectivity index (χ4v) is 4.53. The zero-order valence-corrected chi connectivity index (χ0v) is 19.6. The van der Waals surface area contributed by atoms with Gasteiger partial charge in [-0.3, -0.25) is 9.69 Å². The van der Waals surface area contributed by atoms with Crippen LogP contribution in [0, 0.1) is 0 Å². The number of aliphatic carboxylic acids is 1. The van der Waals surface area contributed by atoms with E-state index < -0.39 is 12.0 Å². The number of carbonyl (C=O) groups is 2. The summed E-state index contributed by atoms with van der Waals surface area (Å²) < 4.78 is 5.41. The Morgan fingerprint density at radius 1 is 1.31 bits per heavy atom. The van der Waals surface area contributed by atoms with Crippen molar-refractivity contribution in [3.05, 3.63) is 58.1 Å². The molecule has 172 valence electrons. The summed E-state index contributed by atoms with van der Waals surface area (Å²) in [4.78, 5) is 23.9. The predicted molar refractivity (Wildman–Crippen MR) is 127 cm³/mol. The molecule has 4 rings (SSSR count). The maximum absolute atomic E-state index is 11.7. The van der Waals surface area contributed by atoms with Gasteiger partial charge in [0.05, 0.1) is 13.5 Å². The molecule has 2 aromatic carbocycles. The molecule has 32 heavy (non-hydrogen) atoms. The maximum atomic E-state index is 11.7. The number of benzene rings is 2. The first-order valence-corrected chi connectivity index (χ1v) is 11.4. The van der Waals surface area contributed by atoms with E-state index in [4.69, 9.17) is 21.4 Å². The van der Waals surface area contributed by atoms with Crippen molar-refractivity contribution in [2.45, 2.75) is 58.0 Å². The number of carboxylic acid groups (broad SMARTS) is 1. The van der Waals surface area contributed by atoms with Crippen molar-refractivity contribution < 1.29 is 19.4 Å². The number of methoxy groups -OCH3 is 1. The highest BCUT2D eigenvalue weighted by Gasteiger charge is 2.34. The monoisotopic (exact) mass is 458 g/mol. The van der Waals surface area contributed by atoms with Crippen LogP contribution in [0.15, 0.2) is 36.4 Å². The van der Waals surface area contributed by atoms with Crippen molar-refractivity contribution in [3.8, 4) is 5.75 Å². The van der Waals surface area contributed by atoms with Crippen LogP contribution >= 0.6 is 11.6 Å². The molecule has 2 N–H and O–H groups in total. The van der Waals surface area contributed by atoms with E-state index in [1.165, 1.54) is 35.8 Å². The first-order chi connectivity index (χ1) is 15.3. The van der Waals surface area contributed by atoms with Gasteiger partial charge in [0, 0.05) is 16.8 Å². The Hall–Kier alpha value is -2.57. The van der Waals surface area contributed by atoms with E-state index >= 15 is 0 Å². The molecule has 6 nitrogen and oxygen atoms in total. The Morgan fingerprint density at radius 2 is 2.09 bits per heavy atom. The van der Waals surface area contributed by atoms with Gasteiger partial charge < -0.3 is 15.2 Å². The summed E-state index contributed by atoms with van der Waals surface area (Å²) in [5, 5.41) is 13.1. The summed E-state index contributed by atoms with van der Waals surface area (Å²) in [6.07, 6.45) is 4.94. The van der Waals surface area contributed by atoms with E-state index in [1.54, 1.807) is 25.3 Å². The third kappa shape index (κ3) is 5.43. The van der Waals surface area contributed by atoms with Gasteiger partial charge in [0.2, 0.25) is 5.91 Å². The van der Waals surface area contributed by atoms with E-state index in [0.717, 1.165) is 30.7 Å². The fraction of sp³-hybridized carbons (Fsp3) is 0.440. The average molecular weight is 459 g/mol. The topological polar surface area (TPSA) is 78.9 Å². The Labute approximate surface area is 194 Å². The number of anilines is 1. The molecule has 0 saturated carbocycles. The number of ether oxygens (including phenoxy) is 1. The lowest BCUT2D eigenvalue weighted by atomic mass is 9.87. The van der Waals surface area contributed by atoms with E-state index in [2.05, 4.69) is 30.4 Å². The first kappa shape index (κ1) is 24.1. The van der Waals surface area contributed by atoms with Crippen LogP contribution in [0.5, 0.6) is 5.75 Å². The second-order valence-corrected chi connectivity index (χ2v) is 8.66. The lowest BCUT2D eigenvalue weighted by Crippen LogP contribution is -2.41. The van der Waals surface area contributed by atoms with Crippen molar-refractivity contribution >= 4 is 29.2 Å². The molecule has 2 aromatic rings. The molecule has 0 aromatic heterocycles. The third-order valence-electron chi connectivity index (χ3n) is 6.00. The zero-order chi connectivity index (χ0) is 23.3. The number of nitrogens with one attached hydrogen (secondary N) is 1. The highest BCUT2D eigenvalue weighted by molar-refractivity contribution is 6.31. The largest absolute Gasteiger partial charge is 0.496 e. The van der Waals surface area contributed by atoms with Gasteiger partial charge in [0.25, 0.3) is 0 Å². The van der Waals surface area contributed by atoms with Gasteiger partial charge in [-0.1, -0.05) is 30.7 Å². The molecule has 0 bridgehead atoms. The summed E-state index contributed by atoms with van der Waals surface area (Å²) in [5.41, 5.74) is 4.30. The number of carbonyl (C=O) groups excluding carboxylic acids is 1. The minimum Gasteiger partial charge on any atom is -0.496 e. The van der Waals surface area contributed by atoms with Crippen molar-refractivity contribution in [1.82, 2.24) is 5.32 Å². The first-order valence-electron chi connectivity index (χ1n) is 11.1. The van der Waals surface area contributed by atoms with Crippen LogP contribution in [0.2, 0.25) is 5.02 Å². The predicted octanol–water partition coefficient (Wildman–Crippen LogP) is 4.25. The number of amides is 1. The fourth-order valence-electron chi connectivity index (χ4n) is 4.33. The van der Waals surface area contributed by atoms with E-state index in [-0.39, 0.29) is 12.3 Å². The zero-order valence-electron chi connectivity index (χ0n) is 18.9. The molecule has 7 heteroatoms. The van der Waals surface area contributed by atoms with Gasteiger partial charge in [-0.05, 0) is 80.1 Å². The van der Waals surface area contributed by atoms with Crippen LogP contribution in [0.1, 0.15) is 43.4 Å². The van der Waals surface area contributed by atoms with Crippen molar-refractivity contribution in [1.29, 1.82) is 0 Å². The quantitative estimate of drug-likeness (QED) is 0.676. The maximum Gasteiger partial charge on any atom is 0.326 e. The van der Waals surface area contributed by atoms with Gasteiger partial charge in [-0.2, -0.15) is 0 Å². The van der Waals surface area contributed by atoms with Gasteiger partial charge in [-0.25, -0.2) is 4.79 Å². The van der Waals surface area contributed by atoms with Crippen molar-refractivity contribution in [2.24, 2.45) is 0 Å². The normalized spacial score (nSPS) is 17.7. The van der Waals surface area contributed by atoms with Gasteiger partial charge in [0.15, 0.2) is 0 Å². The SMILES string of the molecule is CCCN[C@H]1CCc2c(cccc2OC)C1.C[C@@H](C(=O)O)N1C(=O)Cc2cc(Cl)ccc21. The van der Waals surface area contributed by atoms with E-state index in [0.29, 0.717) is 16.8 Å². The minimum atomic E-state index is -1.02. The highest BCUT2D eigenvalue weighted by Crippen LogP contribution is 2.32. The summed E-state index contributed by atoms with van der Waals surface area (Å²) in [6.45, 7) is 4.83. The average Bonchev–Trinajstić information content (AvgIpc) is 3.11. The molecule has 0 unspecified atom stereocenters. The van der Waals surface area contributed by atoms with Gasteiger partial charge in [-0.15, -0.1) is 0 Å². The summed E-state index contributed by atoms with van der Waals surface area (Å²) in [5.74, 6) is -0.158. The minimum absolute atomic E-state index is 0.202. The van der Waals surface area contributed by atoms with Crippen molar-refractivity contribution in [2.75, 3.05) is 18.6 Å².